The molecule has 3 rings (SSSR count). The van der Waals surface area contributed by atoms with Gasteiger partial charge in [0.25, 0.3) is 0 Å². The largest absolute Gasteiger partial charge is 0.465 e. The molecule has 8 heteroatoms. The molecule has 0 radical (unpaired) electrons. The Bertz CT molecular complexity index is 747. The first-order valence-electron chi connectivity index (χ1n) is 7.74. The fourth-order valence-corrected chi connectivity index (χ4v) is 3.48. The Hall–Kier alpha value is -2.06. The molecule has 0 bridgehead atoms. The van der Waals surface area contributed by atoms with E-state index in [4.69, 9.17) is 4.74 Å². The minimum Gasteiger partial charge on any atom is -0.465 e. The Balaban J connectivity index is 1.64. The van der Waals surface area contributed by atoms with Gasteiger partial charge in [0.05, 0.1) is 25.3 Å². The molecular weight excluding hydrogens is 330 g/mol. The highest BCUT2D eigenvalue weighted by molar-refractivity contribution is 7.98. The number of ether oxygens (including phenoxy) is 2. The van der Waals surface area contributed by atoms with E-state index < -0.39 is 0 Å². The van der Waals surface area contributed by atoms with Crippen LogP contribution in [0, 0.1) is 0 Å². The molecule has 1 aromatic carbocycles. The average Bonchev–Trinajstić information content (AvgIpc) is 3.24. The fraction of sp³-hybridized carbons (Fsp3) is 0.438. The maximum atomic E-state index is 11.9. The Kier molecular flexibility index (Phi) is 5.37. The molecule has 1 aliphatic heterocycles. The number of hydrogen-bond donors (Lipinski definition) is 1. The summed E-state index contributed by atoms with van der Waals surface area (Å²) in [5, 5.41) is 7.24. The van der Waals surface area contributed by atoms with Gasteiger partial charge in [0.15, 0.2) is 5.16 Å². The van der Waals surface area contributed by atoms with Crippen molar-refractivity contribution < 1.29 is 14.3 Å². The Morgan fingerprint density at radius 3 is 2.92 bits per heavy atom. The standard InChI is InChI=1S/C16H19N3O4S/c1-22-14(20)12-6-4-11(5-7-12)10-24-16-18-17-15(21)19(16)9-13-3-2-8-23-13/h4-7,13H,2-3,8-10H2,1H3,(H,17,21)/t13-/m0/s1. The number of H-pyrrole nitrogens is 1. The number of rotatable bonds is 6. The van der Waals surface area contributed by atoms with Gasteiger partial charge >= 0.3 is 11.7 Å². The Morgan fingerprint density at radius 2 is 2.25 bits per heavy atom. The lowest BCUT2D eigenvalue weighted by Gasteiger charge is -2.11. The van der Waals surface area contributed by atoms with Crippen molar-refractivity contribution in [3.8, 4) is 0 Å². The van der Waals surface area contributed by atoms with Crippen LogP contribution in [0.5, 0.6) is 0 Å². The summed E-state index contributed by atoms with van der Waals surface area (Å²) in [7, 11) is 1.36. The van der Waals surface area contributed by atoms with Gasteiger partial charge in [-0.2, -0.15) is 0 Å². The second kappa shape index (κ2) is 7.67. The monoisotopic (exact) mass is 349 g/mol. The highest BCUT2D eigenvalue weighted by Crippen LogP contribution is 2.22. The predicted octanol–water partition coefficient (Wildman–Crippen LogP) is 1.83. The van der Waals surface area contributed by atoms with Crippen molar-refractivity contribution in [1.82, 2.24) is 14.8 Å². The first-order valence-corrected chi connectivity index (χ1v) is 8.73. The normalized spacial score (nSPS) is 17.1. The van der Waals surface area contributed by atoms with Crippen LogP contribution < -0.4 is 5.69 Å². The van der Waals surface area contributed by atoms with E-state index in [9.17, 15) is 9.59 Å². The smallest absolute Gasteiger partial charge is 0.344 e. The molecule has 128 valence electrons. The summed E-state index contributed by atoms with van der Waals surface area (Å²) in [6, 6.07) is 7.19. The van der Waals surface area contributed by atoms with Crippen molar-refractivity contribution >= 4 is 17.7 Å². The molecule has 24 heavy (non-hydrogen) atoms. The second-order valence-corrected chi connectivity index (χ2v) is 6.48. The molecule has 0 saturated carbocycles. The number of esters is 1. The number of nitrogens with zero attached hydrogens (tertiary/aromatic N) is 2. The van der Waals surface area contributed by atoms with Crippen LogP contribution in [0.15, 0.2) is 34.2 Å². The molecule has 1 atom stereocenters. The lowest BCUT2D eigenvalue weighted by atomic mass is 10.1. The van der Waals surface area contributed by atoms with Gasteiger partial charge in [0.2, 0.25) is 0 Å². The van der Waals surface area contributed by atoms with Gasteiger partial charge in [-0.3, -0.25) is 4.57 Å². The van der Waals surface area contributed by atoms with Gasteiger partial charge in [0, 0.05) is 12.4 Å². The molecule has 7 nitrogen and oxygen atoms in total. The summed E-state index contributed by atoms with van der Waals surface area (Å²) in [4.78, 5) is 23.3. The molecular formula is C16H19N3O4S. The van der Waals surface area contributed by atoms with Gasteiger partial charge in [-0.1, -0.05) is 23.9 Å². The number of benzene rings is 1. The van der Waals surface area contributed by atoms with E-state index in [1.807, 2.05) is 12.1 Å². The lowest BCUT2D eigenvalue weighted by molar-refractivity contribution is 0.0600. The van der Waals surface area contributed by atoms with Crippen LogP contribution in [0.2, 0.25) is 0 Å². The Labute approximate surface area is 143 Å². The van der Waals surface area contributed by atoms with E-state index >= 15 is 0 Å². The van der Waals surface area contributed by atoms with E-state index in [0.29, 0.717) is 23.0 Å². The minimum atomic E-state index is -0.355. The summed E-state index contributed by atoms with van der Waals surface area (Å²) in [6.45, 7) is 1.28. The topological polar surface area (TPSA) is 86.2 Å². The van der Waals surface area contributed by atoms with Crippen molar-refractivity contribution in [2.45, 2.75) is 36.4 Å². The number of nitrogens with one attached hydrogen (secondary N) is 1. The lowest BCUT2D eigenvalue weighted by Crippen LogP contribution is -2.24. The summed E-state index contributed by atoms with van der Waals surface area (Å²) >= 11 is 1.47. The second-order valence-electron chi connectivity index (χ2n) is 5.53. The fourth-order valence-electron chi connectivity index (χ4n) is 2.57. The molecule has 1 N–H and O–H groups in total. The zero-order valence-electron chi connectivity index (χ0n) is 13.4. The van der Waals surface area contributed by atoms with E-state index in [-0.39, 0.29) is 17.8 Å². The zero-order chi connectivity index (χ0) is 16.9. The number of hydrogen-bond acceptors (Lipinski definition) is 6. The molecule has 2 aromatic rings. The summed E-state index contributed by atoms with van der Waals surface area (Å²) in [6.07, 6.45) is 2.09. The number of aromatic amines is 1. The van der Waals surface area contributed by atoms with Crippen molar-refractivity contribution in [1.29, 1.82) is 0 Å². The van der Waals surface area contributed by atoms with E-state index in [0.717, 1.165) is 25.0 Å². The quantitative estimate of drug-likeness (QED) is 0.632. The summed E-state index contributed by atoms with van der Waals surface area (Å²) in [5.74, 6) is 0.295. The van der Waals surface area contributed by atoms with Gasteiger partial charge in [0.1, 0.15) is 0 Å². The molecule has 1 saturated heterocycles. The third-order valence-electron chi connectivity index (χ3n) is 3.88. The number of thioether (sulfide) groups is 1. The highest BCUT2D eigenvalue weighted by atomic mass is 32.2. The number of methoxy groups -OCH3 is 1. The molecule has 2 heterocycles. The van der Waals surface area contributed by atoms with E-state index in [2.05, 4.69) is 14.9 Å². The van der Waals surface area contributed by atoms with E-state index in [1.165, 1.54) is 18.9 Å². The molecule has 0 unspecified atom stereocenters. The average molecular weight is 349 g/mol. The van der Waals surface area contributed by atoms with Crippen LogP contribution in [0.3, 0.4) is 0 Å². The first kappa shape index (κ1) is 16.8. The van der Waals surface area contributed by atoms with Crippen molar-refractivity contribution in [3.63, 3.8) is 0 Å². The third kappa shape index (κ3) is 3.88. The van der Waals surface area contributed by atoms with Crippen molar-refractivity contribution in [2.75, 3.05) is 13.7 Å². The molecule has 1 aliphatic rings. The van der Waals surface area contributed by atoms with Crippen LogP contribution >= 0.6 is 11.8 Å². The number of carbonyl (C=O) groups is 1. The van der Waals surface area contributed by atoms with Gasteiger partial charge in [-0.15, -0.1) is 5.10 Å². The summed E-state index contributed by atoms with van der Waals surface area (Å²) in [5.41, 5.74) is 1.34. The van der Waals surface area contributed by atoms with Gasteiger partial charge < -0.3 is 9.47 Å². The highest BCUT2D eigenvalue weighted by Gasteiger charge is 2.19. The molecule has 1 aromatic heterocycles. The van der Waals surface area contributed by atoms with Crippen molar-refractivity contribution in [3.05, 3.63) is 45.9 Å². The Morgan fingerprint density at radius 1 is 1.46 bits per heavy atom. The molecule has 0 amide bonds. The van der Waals surface area contributed by atoms with Crippen LogP contribution in [0.1, 0.15) is 28.8 Å². The van der Waals surface area contributed by atoms with Gasteiger partial charge in [-0.05, 0) is 30.5 Å². The van der Waals surface area contributed by atoms with Crippen LogP contribution in [-0.4, -0.2) is 40.6 Å². The predicted molar refractivity (Wildman–Crippen MR) is 89.2 cm³/mol. The minimum absolute atomic E-state index is 0.0824. The van der Waals surface area contributed by atoms with Gasteiger partial charge in [-0.25, -0.2) is 14.7 Å². The maximum Gasteiger partial charge on any atom is 0.344 e. The number of carbonyl (C=O) groups excluding carboxylic acids is 1. The SMILES string of the molecule is COC(=O)c1ccc(CSc2n[nH]c(=O)n2C[C@@H]2CCCO2)cc1. The molecule has 1 fully saturated rings. The first-order chi connectivity index (χ1) is 11.7. The summed E-state index contributed by atoms with van der Waals surface area (Å²) < 4.78 is 11.9. The van der Waals surface area contributed by atoms with Crippen LogP contribution in [-0.2, 0) is 21.8 Å². The maximum absolute atomic E-state index is 11.9. The van der Waals surface area contributed by atoms with Crippen LogP contribution in [0.4, 0.5) is 0 Å². The van der Waals surface area contributed by atoms with Crippen LogP contribution in [0.25, 0.3) is 0 Å². The van der Waals surface area contributed by atoms with Crippen molar-refractivity contribution in [2.24, 2.45) is 0 Å². The molecule has 0 aliphatic carbocycles. The third-order valence-corrected chi connectivity index (χ3v) is 4.92. The number of aromatic nitrogens is 3. The van der Waals surface area contributed by atoms with E-state index in [1.54, 1.807) is 16.7 Å². The molecule has 0 spiro atoms. The zero-order valence-corrected chi connectivity index (χ0v) is 14.2.